The number of non-ortho nitro benzene ring substituents is 1. The molecule has 0 saturated carbocycles. The van der Waals surface area contributed by atoms with Gasteiger partial charge in [-0.3, -0.25) is 34.7 Å². The highest BCUT2D eigenvalue weighted by atomic mass is 35.5. The molecule has 0 spiro atoms. The number of nitro groups is 2. The Morgan fingerprint density at radius 1 is 1.00 bits per heavy atom. The van der Waals surface area contributed by atoms with Crippen LogP contribution in [0.5, 0.6) is 11.5 Å². The van der Waals surface area contributed by atoms with Crippen LogP contribution in [0.4, 0.5) is 20.6 Å². The molecule has 1 heterocycles. The Balaban J connectivity index is 1.49. The third kappa shape index (κ3) is 5.34. The molecule has 0 radical (unpaired) electrons. The minimum Gasteiger partial charge on any atom is -0.450 e. The van der Waals surface area contributed by atoms with Crippen LogP contribution in [0.3, 0.4) is 0 Å². The minimum atomic E-state index is -0.786. The molecule has 0 aliphatic carbocycles. The van der Waals surface area contributed by atoms with E-state index in [-0.39, 0.29) is 28.0 Å². The predicted molar refractivity (Wildman–Crippen MR) is 129 cm³/mol. The summed E-state index contributed by atoms with van der Waals surface area (Å²) in [6.45, 7) is -0.109. The van der Waals surface area contributed by atoms with Gasteiger partial charge in [0.1, 0.15) is 11.6 Å². The van der Waals surface area contributed by atoms with Gasteiger partial charge in [0.05, 0.1) is 27.4 Å². The van der Waals surface area contributed by atoms with Crippen LogP contribution in [-0.2, 0) is 11.3 Å². The molecule has 0 atom stereocenters. The van der Waals surface area contributed by atoms with E-state index in [0.717, 1.165) is 40.9 Å². The van der Waals surface area contributed by atoms with Crippen molar-refractivity contribution in [3.63, 3.8) is 0 Å². The Morgan fingerprint density at radius 2 is 1.72 bits per heavy atom. The van der Waals surface area contributed by atoms with E-state index in [0.29, 0.717) is 11.1 Å². The monoisotopic (exact) mass is 529 g/mol. The maximum Gasteiger partial charge on any atom is 0.318 e. The van der Waals surface area contributed by atoms with Crippen LogP contribution in [0.25, 0.3) is 6.08 Å². The zero-order chi connectivity index (χ0) is 26.0. The molecule has 0 N–H and O–H groups in total. The minimum absolute atomic E-state index is 0.0990. The average Bonchev–Trinajstić information content (AvgIpc) is 3.09. The normalized spacial score (nSPS) is 14.4. The quantitative estimate of drug-likeness (QED) is 0.197. The number of amides is 2. The first-order valence-electron chi connectivity index (χ1n) is 10.0. The van der Waals surface area contributed by atoms with E-state index < -0.39 is 38.2 Å². The molecule has 13 heteroatoms. The molecule has 0 bridgehead atoms. The van der Waals surface area contributed by atoms with E-state index in [4.69, 9.17) is 16.3 Å². The number of ether oxygens (including phenoxy) is 1. The molecular weight excluding hydrogens is 517 g/mol. The largest absolute Gasteiger partial charge is 0.450 e. The van der Waals surface area contributed by atoms with Gasteiger partial charge < -0.3 is 4.74 Å². The van der Waals surface area contributed by atoms with Crippen LogP contribution in [0.15, 0.2) is 65.6 Å². The van der Waals surface area contributed by atoms with Crippen LogP contribution < -0.4 is 4.74 Å². The van der Waals surface area contributed by atoms with E-state index in [1.165, 1.54) is 30.3 Å². The lowest BCUT2D eigenvalue weighted by Gasteiger charge is -2.13. The van der Waals surface area contributed by atoms with Crippen molar-refractivity contribution in [2.75, 3.05) is 0 Å². The van der Waals surface area contributed by atoms with E-state index in [2.05, 4.69) is 0 Å². The van der Waals surface area contributed by atoms with E-state index in [1.807, 2.05) is 0 Å². The third-order valence-electron chi connectivity index (χ3n) is 4.97. The van der Waals surface area contributed by atoms with Gasteiger partial charge in [0.15, 0.2) is 0 Å². The number of rotatable bonds is 7. The van der Waals surface area contributed by atoms with Gasteiger partial charge in [-0.1, -0.05) is 29.8 Å². The van der Waals surface area contributed by atoms with Crippen LogP contribution >= 0.6 is 23.4 Å². The van der Waals surface area contributed by atoms with Crippen molar-refractivity contribution in [3.05, 3.63) is 108 Å². The van der Waals surface area contributed by atoms with Crippen molar-refractivity contribution in [1.82, 2.24) is 4.90 Å². The second-order valence-corrected chi connectivity index (χ2v) is 8.74. The number of nitro benzene ring substituents is 2. The summed E-state index contributed by atoms with van der Waals surface area (Å²) in [5, 5.41) is 21.7. The van der Waals surface area contributed by atoms with Gasteiger partial charge >= 0.3 is 5.69 Å². The SMILES string of the molecule is O=C1S/C(=C/c2ccc(Oc3ccc([N+](=O)[O-])cc3[N+](=O)[O-])cc2)C(=O)N1Cc1ccc(F)cc1Cl. The first-order valence-corrected chi connectivity index (χ1v) is 11.2. The summed E-state index contributed by atoms with van der Waals surface area (Å²) >= 11 is 6.74. The lowest BCUT2D eigenvalue weighted by Crippen LogP contribution is -2.27. The number of carbonyl (C=O) groups excluding carboxylic acids is 2. The second kappa shape index (κ2) is 10.1. The van der Waals surface area contributed by atoms with Gasteiger partial charge in [0.2, 0.25) is 5.75 Å². The lowest BCUT2D eigenvalue weighted by molar-refractivity contribution is -0.394. The molecule has 3 aromatic rings. The summed E-state index contributed by atoms with van der Waals surface area (Å²) in [4.78, 5) is 46.9. The number of thioether (sulfide) groups is 1. The smallest absolute Gasteiger partial charge is 0.318 e. The van der Waals surface area contributed by atoms with Crippen LogP contribution in [0, 0.1) is 26.0 Å². The van der Waals surface area contributed by atoms with Crippen molar-refractivity contribution >= 4 is 52.0 Å². The standard InChI is InChI=1S/C23H13ClFN3O7S/c24-18-10-15(25)4-3-14(18)12-26-22(29)21(36-23(26)30)9-13-1-6-17(7-2-13)35-20-8-5-16(27(31)32)11-19(20)28(33)34/h1-11H,12H2/b21-9+. The maximum atomic E-state index is 13.3. The summed E-state index contributed by atoms with van der Waals surface area (Å²) in [7, 11) is 0. The van der Waals surface area contributed by atoms with Gasteiger partial charge in [-0.2, -0.15) is 0 Å². The van der Waals surface area contributed by atoms with Gasteiger partial charge in [-0.15, -0.1) is 0 Å². The van der Waals surface area contributed by atoms with Crippen molar-refractivity contribution in [2.45, 2.75) is 6.54 Å². The molecule has 2 amide bonds. The first-order chi connectivity index (χ1) is 17.1. The molecular formula is C23H13ClFN3O7S. The molecule has 182 valence electrons. The molecule has 4 rings (SSSR count). The second-order valence-electron chi connectivity index (χ2n) is 7.34. The number of hydrogen-bond donors (Lipinski definition) is 0. The molecule has 10 nitrogen and oxygen atoms in total. The van der Waals surface area contributed by atoms with Gasteiger partial charge in [-0.05, 0) is 59.3 Å². The highest BCUT2D eigenvalue weighted by molar-refractivity contribution is 8.18. The van der Waals surface area contributed by atoms with Crippen LogP contribution in [0.1, 0.15) is 11.1 Å². The Morgan fingerprint density at radius 3 is 2.36 bits per heavy atom. The molecule has 1 fully saturated rings. The molecule has 1 aliphatic rings. The summed E-state index contributed by atoms with van der Waals surface area (Å²) < 4.78 is 18.8. The van der Waals surface area contributed by atoms with E-state index >= 15 is 0 Å². The molecule has 1 aliphatic heterocycles. The number of nitrogens with zero attached hydrogens (tertiary/aromatic N) is 3. The number of hydrogen-bond acceptors (Lipinski definition) is 8. The van der Waals surface area contributed by atoms with Crippen molar-refractivity contribution in [3.8, 4) is 11.5 Å². The van der Waals surface area contributed by atoms with Crippen LogP contribution in [-0.4, -0.2) is 25.9 Å². The number of halogens is 2. The topological polar surface area (TPSA) is 133 Å². The fourth-order valence-electron chi connectivity index (χ4n) is 3.22. The van der Waals surface area contributed by atoms with E-state index in [1.54, 1.807) is 12.1 Å². The lowest BCUT2D eigenvalue weighted by atomic mass is 10.2. The predicted octanol–water partition coefficient (Wildman–Crippen LogP) is 6.32. The van der Waals surface area contributed by atoms with Crippen molar-refractivity contribution in [2.24, 2.45) is 0 Å². The third-order valence-corrected chi connectivity index (χ3v) is 6.23. The Hall–Kier alpha value is -4.29. The highest BCUT2D eigenvalue weighted by Crippen LogP contribution is 2.36. The fourth-order valence-corrected chi connectivity index (χ4v) is 4.28. The van der Waals surface area contributed by atoms with Gasteiger partial charge in [0, 0.05) is 11.1 Å². The Labute approximate surface area is 211 Å². The average molecular weight is 530 g/mol. The highest BCUT2D eigenvalue weighted by Gasteiger charge is 2.35. The van der Waals surface area contributed by atoms with Crippen LogP contribution in [0.2, 0.25) is 5.02 Å². The Kier molecular flexibility index (Phi) is 6.99. The summed E-state index contributed by atoms with van der Waals surface area (Å²) in [5.41, 5.74) is -0.0439. The summed E-state index contributed by atoms with van der Waals surface area (Å²) in [6, 6.07) is 12.8. The molecule has 0 aromatic heterocycles. The Bertz CT molecular complexity index is 1450. The first kappa shape index (κ1) is 24.8. The number of imide groups is 1. The zero-order valence-electron chi connectivity index (χ0n) is 17.9. The fraction of sp³-hybridized carbons (Fsp3) is 0.0435. The number of carbonyl (C=O) groups is 2. The summed E-state index contributed by atoms with van der Waals surface area (Å²) in [6.07, 6.45) is 1.50. The summed E-state index contributed by atoms with van der Waals surface area (Å²) in [5.74, 6) is -1.04. The maximum absolute atomic E-state index is 13.3. The van der Waals surface area contributed by atoms with Gasteiger partial charge in [0.25, 0.3) is 16.8 Å². The van der Waals surface area contributed by atoms with E-state index in [9.17, 15) is 34.2 Å². The number of benzene rings is 3. The molecule has 36 heavy (non-hydrogen) atoms. The van der Waals surface area contributed by atoms with Crippen molar-refractivity contribution < 1.29 is 28.6 Å². The van der Waals surface area contributed by atoms with Gasteiger partial charge in [-0.25, -0.2) is 4.39 Å². The molecule has 3 aromatic carbocycles. The molecule has 1 saturated heterocycles. The van der Waals surface area contributed by atoms with Crippen molar-refractivity contribution in [1.29, 1.82) is 0 Å². The molecule has 0 unspecified atom stereocenters. The zero-order valence-corrected chi connectivity index (χ0v) is 19.5.